The van der Waals surface area contributed by atoms with Gasteiger partial charge in [-0.15, -0.1) is 5.10 Å². The highest BCUT2D eigenvalue weighted by Crippen LogP contribution is 2.01. The van der Waals surface area contributed by atoms with E-state index >= 15 is 0 Å². The van der Waals surface area contributed by atoms with E-state index in [1.54, 1.807) is 0 Å². The third-order valence-electron chi connectivity index (χ3n) is 2.00. The van der Waals surface area contributed by atoms with Gasteiger partial charge < -0.3 is 5.73 Å². The van der Waals surface area contributed by atoms with Gasteiger partial charge in [0.25, 0.3) is 0 Å². The van der Waals surface area contributed by atoms with Crippen LogP contribution in [0, 0.1) is 0 Å². The van der Waals surface area contributed by atoms with Crippen molar-refractivity contribution in [3.8, 4) is 0 Å². The summed E-state index contributed by atoms with van der Waals surface area (Å²) < 4.78 is 1.91. The van der Waals surface area contributed by atoms with Gasteiger partial charge in [-0.1, -0.05) is 5.21 Å². The molecule has 0 bridgehead atoms. The van der Waals surface area contributed by atoms with Gasteiger partial charge in [0.05, 0.1) is 12.2 Å². The molecule has 80 valence electrons. The van der Waals surface area contributed by atoms with Gasteiger partial charge in [0.2, 0.25) is 0 Å². The van der Waals surface area contributed by atoms with E-state index in [1.165, 1.54) is 0 Å². The van der Waals surface area contributed by atoms with Crippen LogP contribution in [0.15, 0.2) is 6.20 Å². The summed E-state index contributed by atoms with van der Waals surface area (Å²) in [5, 5.41) is 8.16. The van der Waals surface area contributed by atoms with Crippen molar-refractivity contribution in [1.29, 1.82) is 0 Å². The molecule has 0 atom stereocenters. The number of hydrogen-bond donors (Lipinski definition) is 1. The Morgan fingerprint density at radius 1 is 1.50 bits per heavy atom. The number of nitrogens with zero attached hydrogens (tertiary/aromatic N) is 3. The largest absolute Gasteiger partial charge is 0.330 e. The lowest BCUT2D eigenvalue weighted by Gasteiger charge is -1.95. The normalized spacial score (nSPS) is 10.7. The summed E-state index contributed by atoms with van der Waals surface area (Å²) in [6.45, 7) is 1.71. The van der Waals surface area contributed by atoms with Gasteiger partial charge >= 0.3 is 0 Å². The third kappa shape index (κ3) is 4.11. The molecule has 0 saturated carbocycles. The van der Waals surface area contributed by atoms with E-state index in [4.69, 9.17) is 5.73 Å². The van der Waals surface area contributed by atoms with Crippen molar-refractivity contribution >= 4 is 11.8 Å². The highest BCUT2D eigenvalue weighted by molar-refractivity contribution is 7.98. The average molecular weight is 214 g/mol. The van der Waals surface area contributed by atoms with Crippen molar-refractivity contribution in [3.05, 3.63) is 11.9 Å². The van der Waals surface area contributed by atoms with Crippen molar-refractivity contribution in [2.45, 2.75) is 25.8 Å². The van der Waals surface area contributed by atoms with Gasteiger partial charge in [0.1, 0.15) is 0 Å². The molecule has 4 nitrogen and oxygen atoms in total. The highest BCUT2D eigenvalue weighted by atomic mass is 32.2. The van der Waals surface area contributed by atoms with Crippen LogP contribution in [-0.2, 0) is 13.0 Å². The second-order valence-corrected chi connectivity index (χ2v) is 4.20. The fraction of sp³-hybridized carbons (Fsp3) is 0.778. The second-order valence-electron chi connectivity index (χ2n) is 3.21. The lowest BCUT2D eigenvalue weighted by Crippen LogP contribution is -2.00. The number of unbranched alkanes of at least 4 members (excludes halogenated alkanes) is 1. The molecule has 0 aliphatic heterocycles. The fourth-order valence-corrected chi connectivity index (χ4v) is 1.57. The first kappa shape index (κ1) is 11.5. The van der Waals surface area contributed by atoms with Crippen LogP contribution in [0.1, 0.15) is 18.5 Å². The number of aromatic nitrogens is 3. The maximum absolute atomic E-state index is 5.42. The summed E-state index contributed by atoms with van der Waals surface area (Å²) in [5.74, 6) is 1.09. The molecule has 0 fully saturated rings. The van der Waals surface area contributed by atoms with Gasteiger partial charge in [0, 0.05) is 11.9 Å². The van der Waals surface area contributed by atoms with Crippen LogP contribution in [0.25, 0.3) is 0 Å². The molecule has 0 radical (unpaired) electrons. The molecular formula is C9H18N4S. The number of thioether (sulfide) groups is 1. The number of rotatable bonds is 7. The Labute approximate surface area is 89.2 Å². The van der Waals surface area contributed by atoms with E-state index in [0.29, 0.717) is 0 Å². The molecule has 0 aliphatic rings. The standard InChI is InChI=1S/C9H18N4S/c1-14-7-6-13-8-9(11-12-13)4-2-3-5-10/h8H,2-7,10H2,1H3. The molecule has 1 rings (SSSR count). The maximum atomic E-state index is 5.42. The molecule has 1 aromatic rings. The smallest absolute Gasteiger partial charge is 0.0827 e. The van der Waals surface area contributed by atoms with E-state index in [9.17, 15) is 0 Å². The van der Waals surface area contributed by atoms with Crippen molar-refractivity contribution in [3.63, 3.8) is 0 Å². The quantitative estimate of drug-likeness (QED) is 0.686. The van der Waals surface area contributed by atoms with Crippen molar-refractivity contribution < 1.29 is 0 Å². The predicted molar refractivity (Wildman–Crippen MR) is 60.4 cm³/mol. The van der Waals surface area contributed by atoms with Gasteiger partial charge in [-0.2, -0.15) is 11.8 Å². The van der Waals surface area contributed by atoms with Gasteiger partial charge in [-0.05, 0) is 32.1 Å². The molecule has 0 aromatic carbocycles. The average Bonchev–Trinajstić information content (AvgIpc) is 2.63. The Morgan fingerprint density at radius 3 is 3.07 bits per heavy atom. The Morgan fingerprint density at radius 2 is 2.36 bits per heavy atom. The van der Waals surface area contributed by atoms with E-state index in [1.807, 2.05) is 22.6 Å². The number of aryl methyl sites for hydroxylation is 2. The van der Waals surface area contributed by atoms with Gasteiger partial charge in [0.15, 0.2) is 0 Å². The van der Waals surface area contributed by atoms with Crippen molar-refractivity contribution in [1.82, 2.24) is 15.0 Å². The van der Waals surface area contributed by atoms with Crippen LogP contribution < -0.4 is 5.73 Å². The molecule has 0 amide bonds. The van der Waals surface area contributed by atoms with E-state index in [0.717, 1.165) is 43.8 Å². The van der Waals surface area contributed by atoms with Gasteiger partial charge in [-0.25, -0.2) is 0 Å². The fourth-order valence-electron chi connectivity index (χ4n) is 1.20. The molecule has 14 heavy (non-hydrogen) atoms. The highest BCUT2D eigenvalue weighted by Gasteiger charge is 1.99. The molecule has 1 heterocycles. The first-order valence-electron chi connectivity index (χ1n) is 4.95. The summed E-state index contributed by atoms with van der Waals surface area (Å²) in [6.07, 6.45) is 7.30. The minimum atomic E-state index is 0.764. The molecule has 0 unspecified atom stereocenters. The minimum absolute atomic E-state index is 0.764. The molecule has 0 spiro atoms. The summed E-state index contributed by atoms with van der Waals surface area (Å²) in [7, 11) is 0. The Balaban J connectivity index is 2.27. The summed E-state index contributed by atoms with van der Waals surface area (Å²) in [5.41, 5.74) is 6.50. The van der Waals surface area contributed by atoms with Crippen LogP contribution in [0.3, 0.4) is 0 Å². The topological polar surface area (TPSA) is 56.7 Å². The Hall–Kier alpha value is -0.550. The molecule has 5 heteroatoms. The molecule has 1 aromatic heterocycles. The lowest BCUT2D eigenvalue weighted by molar-refractivity contribution is 0.632. The van der Waals surface area contributed by atoms with Crippen LogP contribution >= 0.6 is 11.8 Å². The number of nitrogens with two attached hydrogens (primary N) is 1. The van der Waals surface area contributed by atoms with E-state index in [-0.39, 0.29) is 0 Å². The molecule has 0 aliphatic carbocycles. The van der Waals surface area contributed by atoms with Gasteiger partial charge in [-0.3, -0.25) is 4.68 Å². The van der Waals surface area contributed by atoms with Crippen LogP contribution in [0.2, 0.25) is 0 Å². The Bertz CT molecular complexity index is 249. The molecule has 0 saturated heterocycles. The van der Waals surface area contributed by atoms with E-state index in [2.05, 4.69) is 16.6 Å². The summed E-state index contributed by atoms with van der Waals surface area (Å²) >= 11 is 1.82. The monoisotopic (exact) mass is 214 g/mol. The zero-order valence-electron chi connectivity index (χ0n) is 8.65. The maximum Gasteiger partial charge on any atom is 0.0827 e. The number of hydrogen-bond acceptors (Lipinski definition) is 4. The van der Waals surface area contributed by atoms with Crippen molar-refractivity contribution in [2.75, 3.05) is 18.6 Å². The zero-order chi connectivity index (χ0) is 10.2. The zero-order valence-corrected chi connectivity index (χ0v) is 9.46. The SMILES string of the molecule is CSCCn1cc(CCCCN)nn1. The summed E-state index contributed by atoms with van der Waals surface area (Å²) in [4.78, 5) is 0. The summed E-state index contributed by atoms with van der Waals surface area (Å²) in [6, 6.07) is 0. The molecule has 2 N–H and O–H groups in total. The van der Waals surface area contributed by atoms with Crippen LogP contribution in [0.5, 0.6) is 0 Å². The minimum Gasteiger partial charge on any atom is -0.330 e. The third-order valence-corrected chi connectivity index (χ3v) is 2.59. The van der Waals surface area contributed by atoms with Crippen LogP contribution in [-0.4, -0.2) is 33.5 Å². The first-order valence-corrected chi connectivity index (χ1v) is 6.34. The van der Waals surface area contributed by atoms with Crippen LogP contribution in [0.4, 0.5) is 0 Å². The second kappa shape index (κ2) is 6.84. The first-order chi connectivity index (χ1) is 6.86. The Kier molecular flexibility index (Phi) is 5.63. The lowest BCUT2D eigenvalue weighted by atomic mass is 10.2. The molecular weight excluding hydrogens is 196 g/mol. The predicted octanol–water partition coefficient (Wildman–Crippen LogP) is 0.922. The van der Waals surface area contributed by atoms with E-state index < -0.39 is 0 Å². The van der Waals surface area contributed by atoms with Crippen molar-refractivity contribution in [2.24, 2.45) is 5.73 Å².